The monoisotopic (exact) mass is 348 g/mol. The molecule has 1 fully saturated rings. The molecule has 6 nitrogen and oxygen atoms in total. The molecule has 0 N–H and O–H groups in total. The van der Waals surface area contributed by atoms with Gasteiger partial charge in [0.25, 0.3) is 0 Å². The topological polar surface area (TPSA) is 61.4 Å². The maximum atomic E-state index is 13.5. The van der Waals surface area contributed by atoms with E-state index >= 15 is 0 Å². The molecule has 0 aliphatic heterocycles. The fourth-order valence-corrected chi connectivity index (χ4v) is 3.47. The Bertz CT molecular complexity index is 1080. The highest BCUT2D eigenvalue weighted by Crippen LogP contribution is 2.35. The first-order valence-electron chi connectivity index (χ1n) is 8.75. The molecule has 0 spiro atoms. The number of hydrogen-bond donors (Lipinski definition) is 0. The SMILES string of the molecule is Fc1cccc(-c2nccn2Cc2nc3cccnc3n2C2CCC2)n1. The van der Waals surface area contributed by atoms with Crippen molar-refractivity contribution < 1.29 is 4.39 Å². The minimum atomic E-state index is -0.511. The Morgan fingerprint density at radius 2 is 1.96 bits per heavy atom. The van der Waals surface area contributed by atoms with Crippen molar-refractivity contribution in [2.24, 2.45) is 0 Å². The summed E-state index contributed by atoms with van der Waals surface area (Å²) in [5, 5.41) is 0. The van der Waals surface area contributed by atoms with Gasteiger partial charge < -0.3 is 9.13 Å². The van der Waals surface area contributed by atoms with E-state index in [9.17, 15) is 4.39 Å². The van der Waals surface area contributed by atoms with E-state index in [0.29, 0.717) is 24.1 Å². The number of halogens is 1. The molecule has 0 unspecified atom stereocenters. The van der Waals surface area contributed by atoms with Crippen molar-refractivity contribution >= 4 is 11.2 Å². The van der Waals surface area contributed by atoms with Crippen LogP contribution < -0.4 is 0 Å². The summed E-state index contributed by atoms with van der Waals surface area (Å²) in [6.07, 6.45) is 8.92. The van der Waals surface area contributed by atoms with Crippen LogP contribution in [0.4, 0.5) is 4.39 Å². The van der Waals surface area contributed by atoms with E-state index in [1.165, 1.54) is 12.5 Å². The quantitative estimate of drug-likeness (QED) is 0.529. The van der Waals surface area contributed by atoms with Crippen molar-refractivity contribution in [3.8, 4) is 11.5 Å². The Morgan fingerprint density at radius 1 is 1.04 bits per heavy atom. The molecular weight excluding hydrogens is 331 g/mol. The molecule has 0 amide bonds. The molecule has 4 aromatic rings. The Morgan fingerprint density at radius 3 is 2.77 bits per heavy atom. The van der Waals surface area contributed by atoms with Gasteiger partial charge in [-0.2, -0.15) is 4.39 Å². The second kappa shape index (κ2) is 6.01. The summed E-state index contributed by atoms with van der Waals surface area (Å²) >= 11 is 0. The van der Waals surface area contributed by atoms with Crippen LogP contribution in [0.25, 0.3) is 22.7 Å². The van der Waals surface area contributed by atoms with Gasteiger partial charge in [-0.15, -0.1) is 0 Å². The lowest BCUT2D eigenvalue weighted by Gasteiger charge is -2.28. The molecule has 5 rings (SSSR count). The third kappa shape index (κ3) is 2.47. The number of fused-ring (bicyclic) bond motifs is 1. The Hall–Kier alpha value is -3.09. The van der Waals surface area contributed by atoms with E-state index < -0.39 is 5.95 Å². The van der Waals surface area contributed by atoms with Crippen LogP contribution in [0.15, 0.2) is 48.9 Å². The molecule has 0 bridgehead atoms. The molecule has 1 aliphatic rings. The van der Waals surface area contributed by atoms with Crippen LogP contribution >= 0.6 is 0 Å². The maximum absolute atomic E-state index is 13.5. The molecule has 0 aromatic carbocycles. The van der Waals surface area contributed by atoms with Gasteiger partial charge in [0, 0.05) is 24.6 Å². The zero-order chi connectivity index (χ0) is 17.5. The second-order valence-corrected chi connectivity index (χ2v) is 6.55. The average molecular weight is 348 g/mol. The van der Waals surface area contributed by atoms with Crippen LogP contribution in [0.5, 0.6) is 0 Å². The van der Waals surface area contributed by atoms with Crippen molar-refractivity contribution in [1.82, 2.24) is 29.1 Å². The van der Waals surface area contributed by atoms with Crippen LogP contribution in [0.2, 0.25) is 0 Å². The summed E-state index contributed by atoms with van der Waals surface area (Å²) in [5.41, 5.74) is 2.34. The van der Waals surface area contributed by atoms with Crippen molar-refractivity contribution in [2.75, 3.05) is 0 Å². The van der Waals surface area contributed by atoms with Gasteiger partial charge in [-0.1, -0.05) is 6.07 Å². The lowest BCUT2D eigenvalue weighted by Crippen LogP contribution is -2.21. The minimum Gasteiger partial charge on any atom is -0.322 e. The van der Waals surface area contributed by atoms with Crippen LogP contribution in [-0.4, -0.2) is 29.1 Å². The molecule has 130 valence electrons. The smallest absolute Gasteiger partial charge is 0.213 e. The summed E-state index contributed by atoms with van der Waals surface area (Å²) in [6.45, 7) is 0.542. The summed E-state index contributed by atoms with van der Waals surface area (Å²) in [6, 6.07) is 9.08. The normalized spacial score (nSPS) is 14.7. The van der Waals surface area contributed by atoms with E-state index in [4.69, 9.17) is 4.98 Å². The van der Waals surface area contributed by atoms with Gasteiger partial charge in [-0.3, -0.25) is 0 Å². The van der Waals surface area contributed by atoms with Crippen LogP contribution in [0.3, 0.4) is 0 Å². The number of imidazole rings is 2. The number of pyridine rings is 2. The highest BCUT2D eigenvalue weighted by molar-refractivity contribution is 5.71. The third-order valence-electron chi connectivity index (χ3n) is 4.93. The summed E-state index contributed by atoms with van der Waals surface area (Å²) in [7, 11) is 0. The molecule has 1 aliphatic carbocycles. The lowest BCUT2D eigenvalue weighted by molar-refractivity contribution is 0.310. The fourth-order valence-electron chi connectivity index (χ4n) is 3.47. The maximum Gasteiger partial charge on any atom is 0.213 e. The molecule has 4 heterocycles. The average Bonchev–Trinajstić information content (AvgIpc) is 3.19. The largest absolute Gasteiger partial charge is 0.322 e. The second-order valence-electron chi connectivity index (χ2n) is 6.55. The van der Waals surface area contributed by atoms with E-state index in [1.54, 1.807) is 18.3 Å². The third-order valence-corrected chi connectivity index (χ3v) is 4.93. The van der Waals surface area contributed by atoms with Gasteiger partial charge in [-0.25, -0.2) is 19.9 Å². The molecular formula is C19H17FN6. The first-order chi connectivity index (χ1) is 12.8. The van der Waals surface area contributed by atoms with Gasteiger partial charge in [-0.05, 0) is 43.5 Å². The van der Waals surface area contributed by atoms with Crippen molar-refractivity contribution in [3.05, 3.63) is 60.7 Å². The Balaban J connectivity index is 1.58. The van der Waals surface area contributed by atoms with Gasteiger partial charge in [0.1, 0.15) is 17.0 Å². The molecule has 7 heteroatoms. The fraction of sp³-hybridized carbons (Fsp3) is 0.263. The van der Waals surface area contributed by atoms with E-state index in [-0.39, 0.29) is 0 Å². The standard InChI is InChI=1S/C19H17FN6/c20-16-8-2-6-14(23-16)18-22-10-11-25(18)12-17-24-15-7-3-9-21-19(15)26(17)13-4-1-5-13/h2-3,6-11,13H,1,4-5,12H2. The summed E-state index contributed by atoms with van der Waals surface area (Å²) < 4.78 is 17.7. The van der Waals surface area contributed by atoms with E-state index in [1.807, 2.05) is 29.1 Å². The number of rotatable bonds is 4. The summed E-state index contributed by atoms with van der Waals surface area (Å²) in [4.78, 5) is 17.7. The number of aromatic nitrogens is 6. The minimum absolute atomic E-state index is 0.448. The molecule has 26 heavy (non-hydrogen) atoms. The highest BCUT2D eigenvalue weighted by Gasteiger charge is 2.25. The first-order valence-corrected chi connectivity index (χ1v) is 8.75. The Labute approximate surface area is 149 Å². The lowest BCUT2D eigenvalue weighted by atomic mass is 9.93. The zero-order valence-electron chi connectivity index (χ0n) is 14.1. The van der Waals surface area contributed by atoms with Gasteiger partial charge >= 0.3 is 0 Å². The molecule has 0 atom stereocenters. The first kappa shape index (κ1) is 15.2. The molecule has 4 aromatic heterocycles. The van der Waals surface area contributed by atoms with E-state index in [2.05, 4.69) is 19.5 Å². The van der Waals surface area contributed by atoms with Crippen molar-refractivity contribution in [2.45, 2.75) is 31.8 Å². The predicted octanol–water partition coefficient (Wildman–Crippen LogP) is 3.60. The van der Waals surface area contributed by atoms with Gasteiger partial charge in [0.2, 0.25) is 5.95 Å². The number of nitrogens with zero attached hydrogens (tertiary/aromatic N) is 6. The Kier molecular flexibility index (Phi) is 3.51. The highest BCUT2D eigenvalue weighted by atomic mass is 19.1. The van der Waals surface area contributed by atoms with Crippen LogP contribution in [0, 0.1) is 5.95 Å². The molecule has 0 radical (unpaired) electrons. The van der Waals surface area contributed by atoms with Crippen molar-refractivity contribution in [3.63, 3.8) is 0 Å². The van der Waals surface area contributed by atoms with E-state index in [0.717, 1.165) is 29.8 Å². The summed E-state index contributed by atoms with van der Waals surface area (Å²) in [5.74, 6) is 1.06. The van der Waals surface area contributed by atoms with Gasteiger partial charge in [0.15, 0.2) is 11.5 Å². The molecule has 0 saturated heterocycles. The zero-order valence-corrected chi connectivity index (χ0v) is 14.1. The van der Waals surface area contributed by atoms with Gasteiger partial charge in [0.05, 0.1) is 6.54 Å². The molecule has 1 saturated carbocycles. The van der Waals surface area contributed by atoms with Crippen molar-refractivity contribution in [1.29, 1.82) is 0 Å². The van der Waals surface area contributed by atoms with Crippen LogP contribution in [0.1, 0.15) is 31.1 Å². The number of hydrogen-bond acceptors (Lipinski definition) is 4. The predicted molar refractivity (Wildman–Crippen MR) is 94.9 cm³/mol. The van der Waals surface area contributed by atoms with Crippen LogP contribution in [-0.2, 0) is 6.54 Å².